The highest BCUT2D eigenvalue weighted by molar-refractivity contribution is 5.77. The molecule has 1 atom stereocenters. The summed E-state index contributed by atoms with van der Waals surface area (Å²) < 4.78 is 12.0. The summed E-state index contributed by atoms with van der Waals surface area (Å²) in [5.41, 5.74) is 3.13. The molecule has 1 aromatic heterocycles. The number of methoxy groups -OCH3 is 1. The van der Waals surface area contributed by atoms with E-state index in [1.807, 2.05) is 25.5 Å². The molecule has 0 bridgehead atoms. The topological polar surface area (TPSA) is 65.4 Å². The second-order valence-corrected chi connectivity index (χ2v) is 4.73. The highest BCUT2D eigenvalue weighted by Crippen LogP contribution is 2.21. The van der Waals surface area contributed by atoms with Crippen LogP contribution in [-0.4, -0.2) is 42.6 Å². The Morgan fingerprint density at radius 1 is 1.40 bits per heavy atom. The molecule has 1 N–H and O–H groups in total. The number of hydrogen-bond donors (Lipinski definition) is 1. The predicted octanol–water partition coefficient (Wildman–Crippen LogP) is 1.36. The number of ether oxygens (including phenoxy) is 2. The number of rotatable bonds is 8. The van der Waals surface area contributed by atoms with Crippen molar-refractivity contribution in [3.8, 4) is 0 Å². The Bertz CT molecular complexity index is 443. The number of nitrogens with one attached hydrogen (secondary N) is 1. The van der Waals surface area contributed by atoms with Gasteiger partial charge in [0.05, 0.1) is 24.9 Å². The average Bonchev–Trinajstić information content (AvgIpc) is 2.69. The SMILES string of the molecule is CCn1nc(C)c(C(C)NC(=O)COCCOC)c1C. The molecule has 20 heavy (non-hydrogen) atoms. The Morgan fingerprint density at radius 2 is 2.10 bits per heavy atom. The third-order valence-corrected chi connectivity index (χ3v) is 3.21. The summed E-state index contributed by atoms with van der Waals surface area (Å²) >= 11 is 0. The molecule has 0 saturated carbocycles. The van der Waals surface area contributed by atoms with Gasteiger partial charge in [-0.25, -0.2) is 0 Å². The fourth-order valence-corrected chi connectivity index (χ4v) is 2.31. The number of hydrogen-bond acceptors (Lipinski definition) is 4. The molecule has 0 aliphatic carbocycles. The van der Waals surface area contributed by atoms with Gasteiger partial charge in [-0.2, -0.15) is 5.10 Å². The molecule has 1 unspecified atom stereocenters. The maximum atomic E-state index is 11.8. The summed E-state index contributed by atoms with van der Waals surface area (Å²) in [6.07, 6.45) is 0. The van der Waals surface area contributed by atoms with Gasteiger partial charge in [-0.3, -0.25) is 9.48 Å². The van der Waals surface area contributed by atoms with E-state index < -0.39 is 0 Å². The van der Waals surface area contributed by atoms with Crippen molar-refractivity contribution in [1.82, 2.24) is 15.1 Å². The molecule has 6 heteroatoms. The van der Waals surface area contributed by atoms with E-state index in [-0.39, 0.29) is 18.6 Å². The van der Waals surface area contributed by atoms with Gasteiger partial charge >= 0.3 is 0 Å². The van der Waals surface area contributed by atoms with Crippen molar-refractivity contribution in [2.75, 3.05) is 26.9 Å². The third kappa shape index (κ3) is 4.31. The van der Waals surface area contributed by atoms with Crippen LogP contribution in [0, 0.1) is 13.8 Å². The van der Waals surface area contributed by atoms with Crippen LogP contribution in [0.3, 0.4) is 0 Å². The lowest BCUT2D eigenvalue weighted by atomic mass is 10.1. The van der Waals surface area contributed by atoms with Gasteiger partial charge in [0.25, 0.3) is 0 Å². The lowest BCUT2D eigenvalue weighted by Gasteiger charge is -2.15. The predicted molar refractivity (Wildman–Crippen MR) is 76.6 cm³/mol. The lowest BCUT2D eigenvalue weighted by molar-refractivity contribution is -0.126. The summed E-state index contributed by atoms with van der Waals surface area (Å²) in [6, 6.07) is -0.0752. The van der Waals surface area contributed by atoms with E-state index in [0.717, 1.165) is 23.5 Å². The maximum Gasteiger partial charge on any atom is 0.246 e. The molecule has 0 saturated heterocycles. The van der Waals surface area contributed by atoms with Crippen LogP contribution in [0.2, 0.25) is 0 Å². The number of carbonyl (C=O) groups excluding carboxylic acids is 1. The molecular formula is C14H25N3O3. The molecule has 6 nitrogen and oxygen atoms in total. The van der Waals surface area contributed by atoms with E-state index in [9.17, 15) is 4.79 Å². The van der Waals surface area contributed by atoms with E-state index in [2.05, 4.69) is 17.3 Å². The van der Waals surface area contributed by atoms with Gasteiger partial charge in [0, 0.05) is 24.9 Å². The number of nitrogens with zero attached hydrogens (tertiary/aromatic N) is 2. The minimum absolute atomic E-state index is 0.0493. The number of carbonyl (C=O) groups is 1. The summed E-state index contributed by atoms with van der Waals surface area (Å²) in [4.78, 5) is 11.8. The van der Waals surface area contributed by atoms with Gasteiger partial charge in [-0.05, 0) is 27.7 Å². The van der Waals surface area contributed by atoms with Crippen LogP contribution in [0.1, 0.15) is 36.8 Å². The zero-order valence-corrected chi connectivity index (χ0v) is 13.0. The summed E-state index contributed by atoms with van der Waals surface area (Å²) in [6.45, 7) is 9.79. The van der Waals surface area contributed by atoms with Crippen LogP contribution in [0.25, 0.3) is 0 Å². The molecule has 1 heterocycles. The number of amides is 1. The van der Waals surface area contributed by atoms with Crippen molar-refractivity contribution in [3.63, 3.8) is 0 Å². The first-order valence-electron chi connectivity index (χ1n) is 6.91. The van der Waals surface area contributed by atoms with Crippen LogP contribution >= 0.6 is 0 Å². The monoisotopic (exact) mass is 283 g/mol. The molecule has 0 spiro atoms. The standard InChI is InChI=1S/C14H25N3O3/c1-6-17-12(4)14(11(3)16-17)10(2)15-13(18)9-20-8-7-19-5/h10H,6-9H2,1-5H3,(H,15,18). The van der Waals surface area contributed by atoms with Crippen molar-refractivity contribution < 1.29 is 14.3 Å². The molecule has 1 aromatic rings. The van der Waals surface area contributed by atoms with Gasteiger partial charge in [-0.1, -0.05) is 0 Å². The van der Waals surface area contributed by atoms with Crippen LogP contribution in [-0.2, 0) is 20.8 Å². The van der Waals surface area contributed by atoms with Gasteiger partial charge < -0.3 is 14.8 Å². The lowest BCUT2D eigenvalue weighted by Crippen LogP contribution is -2.31. The average molecular weight is 283 g/mol. The van der Waals surface area contributed by atoms with Crippen molar-refractivity contribution in [1.29, 1.82) is 0 Å². The Labute approximate surface area is 120 Å². The van der Waals surface area contributed by atoms with Gasteiger partial charge in [0.2, 0.25) is 5.91 Å². The van der Waals surface area contributed by atoms with E-state index in [4.69, 9.17) is 9.47 Å². The fraction of sp³-hybridized carbons (Fsp3) is 0.714. The minimum Gasteiger partial charge on any atom is -0.382 e. The highest BCUT2D eigenvalue weighted by atomic mass is 16.5. The quantitative estimate of drug-likeness (QED) is 0.732. The fourth-order valence-electron chi connectivity index (χ4n) is 2.31. The largest absolute Gasteiger partial charge is 0.382 e. The second kappa shape index (κ2) is 8.01. The number of aromatic nitrogens is 2. The van der Waals surface area contributed by atoms with Gasteiger partial charge in [0.1, 0.15) is 6.61 Å². The molecule has 114 valence electrons. The van der Waals surface area contributed by atoms with Crippen LogP contribution in [0.5, 0.6) is 0 Å². The van der Waals surface area contributed by atoms with Crippen molar-refractivity contribution >= 4 is 5.91 Å². The van der Waals surface area contributed by atoms with E-state index in [1.165, 1.54) is 0 Å². The van der Waals surface area contributed by atoms with Crippen LogP contribution in [0.15, 0.2) is 0 Å². The normalized spacial score (nSPS) is 12.4. The van der Waals surface area contributed by atoms with Crippen LogP contribution in [0.4, 0.5) is 0 Å². The summed E-state index contributed by atoms with van der Waals surface area (Å²) in [7, 11) is 1.60. The smallest absolute Gasteiger partial charge is 0.246 e. The molecule has 0 aliphatic rings. The molecule has 0 aliphatic heterocycles. The second-order valence-electron chi connectivity index (χ2n) is 4.73. The highest BCUT2D eigenvalue weighted by Gasteiger charge is 2.18. The van der Waals surface area contributed by atoms with Crippen molar-refractivity contribution in [2.45, 2.75) is 40.3 Å². The Hall–Kier alpha value is -1.40. The van der Waals surface area contributed by atoms with Gasteiger partial charge in [0.15, 0.2) is 0 Å². The Kier molecular flexibility index (Phi) is 6.67. The Balaban J connectivity index is 2.56. The minimum atomic E-state index is -0.128. The summed E-state index contributed by atoms with van der Waals surface area (Å²) in [5.74, 6) is -0.128. The zero-order chi connectivity index (χ0) is 15.1. The maximum absolute atomic E-state index is 11.8. The first kappa shape index (κ1) is 16.7. The third-order valence-electron chi connectivity index (χ3n) is 3.21. The molecule has 0 fully saturated rings. The Morgan fingerprint density at radius 3 is 2.65 bits per heavy atom. The van der Waals surface area contributed by atoms with Crippen LogP contribution < -0.4 is 5.32 Å². The number of aryl methyl sites for hydroxylation is 2. The van der Waals surface area contributed by atoms with Crippen molar-refractivity contribution in [2.24, 2.45) is 0 Å². The summed E-state index contributed by atoms with van der Waals surface area (Å²) in [5, 5.41) is 7.40. The molecule has 0 radical (unpaired) electrons. The molecular weight excluding hydrogens is 258 g/mol. The first-order valence-corrected chi connectivity index (χ1v) is 6.91. The molecule has 1 amide bonds. The van der Waals surface area contributed by atoms with E-state index in [1.54, 1.807) is 7.11 Å². The molecule has 1 rings (SSSR count). The van der Waals surface area contributed by atoms with Gasteiger partial charge in [-0.15, -0.1) is 0 Å². The zero-order valence-electron chi connectivity index (χ0n) is 13.0. The van der Waals surface area contributed by atoms with Crippen molar-refractivity contribution in [3.05, 3.63) is 17.0 Å². The molecule has 0 aromatic carbocycles. The van der Waals surface area contributed by atoms with E-state index >= 15 is 0 Å². The first-order chi connectivity index (χ1) is 9.51. The van der Waals surface area contributed by atoms with E-state index in [0.29, 0.717) is 13.2 Å².